The van der Waals surface area contributed by atoms with Gasteiger partial charge in [0, 0.05) is 36.3 Å². The second-order valence-corrected chi connectivity index (χ2v) is 7.42. The van der Waals surface area contributed by atoms with E-state index in [1.165, 1.54) is 0 Å². The van der Waals surface area contributed by atoms with Gasteiger partial charge in [0.05, 0.1) is 11.8 Å². The number of hydrogen-bond donors (Lipinski definition) is 1. The summed E-state index contributed by atoms with van der Waals surface area (Å²) in [5, 5.41) is 9.13. The number of unbranched alkanes of at least 4 members (excludes halogenated alkanes) is 1. The smallest absolute Gasteiger partial charge is 0.211 e. The molecule has 0 radical (unpaired) electrons. The lowest BCUT2D eigenvalue weighted by molar-refractivity contribution is 0.559. The van der Waals surface area contributed by atoms with Crippen LogP contribution < -0.4 is 9.62 Å². The van der Waals surface area contributed by atoms with Crippen LogP contribution in [0.2, 0.25) is 5.02 Å². The van der Waals surface area contributed by atoms with Gasteiger partial charge < -0.3 is 4.90 Å². The van der Waals surface area contributed by atoms with Crippen LogP contribution in [0.15, 0.2) is 24.3 Å². The van der Waals surface area contributed by atoms with E-state index in [1.54, 1.807) is 0 Å². The van der Waals surface area contributed by atoms with Crippen molar-refractivity contribution in [3.8, 4) is 6.07 Å². The van der Waals surface area contributed by atoms with E-state index in [9.17, 15) is 8.42 Å². The number of anilines is 1. The first-order valence-electron chi connectivity index (χ1n) is 6.87. The third-order valence-corrected chi connectivity index (χ3v) is 5.20. The maximum atomic E-state index is 11.9. The van der Waals surface area contributed by atoms with Gasteiger partial charge in [-0.25, -0.2) is 13.1 Å². The zero-order valence-corrected chi connectivity index (χ0v) is 13.2. The number of hydrogen-bond acceptors (Lipinski definition) is 4. The Hall–Kier alpha value is -1.29. The number of benzene rings is 1. The topological polar surface area (TPSA) is 73.2 Å². The quantitative estimate of drug-likeness (QED) is 0.812. The summed E-state index contributed by atoms with van der Waals surface area (Å²) in [6, 6.07) is 9.41. The monoisotopic (exact) mass is 327 g/mol. The van der Waals surface area contributed by atoms with Crippen LogP contribution in [0.3, 0.4) is 0 Å². The van der Waals surface area contributed by atoms with Gasteiger partial charge in [0.25, 0.3) is 0 Å². The van der Waals surface area contributed by atoms with E-state index in [2.05, 4.69) is 9.62 Å². The molecule has 1 aliphatic heterocycles. The first kappa shape index (κ1) is 16.1. The van der Waals surface area contributed by atoms with Crippen LogP contribution in [0.25, 0.3) is 0 Å². The molecule has 0 aliphatic carbocycles. The van der Waals surface area contributed by atoms with Crippen LogP contribution in [0, 0.1) is 11.3 Å². The molecule has 0 spiro atoms. The van der Waals surface area contributed by atoms with Gasteiger partial charge in [-0.1, -0.05) is 11.6 Å². The van der Waals surface area contributed by atoms with Crippen molar-refractivity contribution < 1.29 is 8.42 Å². The highest BCUT2D eigenvalue weighted by molar-refractivity contribution is 7.89. The predicted molar refractivity (Wildman–Crippen MR) is 83.8 cm³/mol. The highest BCUT2D eigenvalue weighted by Crippen LogP contribution is 2.22. The Morgan fingerprint density at radius 3 is 2.76 bits per heavy atom. The molecular weight excluding hydrogens is 310 g/mol. The highest BCUT2D eigenvalue weighted by Gasteiger charge is 2.26. The molecule has 1 N–H and O–H groups in total. The summed E-state index contributed by atoms with van der Waals surface area (Å²) in [4.78, 5) is 2.14. The van der Waals surface area contributed by atoms with E-state index in [4.69, 9.17) is 16.9 Å². The number of rotatable bonds is 6. The Morgan fingerprint density at radius 1 is 1.38 bits per heavy atom. The molecule has 5 nitrogen and oxygen atoms in total. The Kier molecular flexibility index (Phi) is 5.45. The summed E-state index contributed by atoms with van der Waals surface area (Å²) in [6.07, 6.45) is 1.42. The molecule has 1 aromatic rings. The fraction of sp³-hybridized carbons (Fsp3) is 0.500. The molecule has 0 aromatic heterocycles. The van der Waals surface area contributed by atoms with E-state index in [1.807, 2.05) is 30.3 Å². The SMILES string of the molecule is N#CCCCS(=O)(=O)N[C@H]1CCN(c2ccc(Cl)cc2)C1. The minimum atomic E-state index is -3.30. The van der Waals surface area contributed by atoms with Crippen LogP contribution in [-0.4, -0.2) is 33.3 Å². The van der Waals surface area contributed by atoms with Crippen LogP contribution in [0.5, 0.6) is 0 Å². The Balaban J connectivity index is 1.88. The molecule has 1 heterocycles. The third kappa shape index (κ3) is 4.88. The van der Waals surface area contributed by atoms with Crippen molar-refractivity contribution in [2.75, 3.05) is 23.7 Å². The van der Waals surface area contributed by atoms with Gasteiger partial charge in [0.2, 0.25) is 10.0 Å². The van der Waals surface area contributed by atoms with Crippen molar-refractivity contribution in [3.05, 3.63) is 29.3 Å². The molecule has 1 fully saturated rings. The molecule has 7 heteroatoms. The first-order chi connectivity index (χ1) is 10.00. The molecule has 0 saturated carbocycles. The van der Waals surface area contributed by atoms with Crippen molar-refractivity contribution in [2.45, 2.75) is 25.3 Å². The van der Waals surface area contributed by atoms with Gasteiger partial charge in [-0.2, -0.15) is 5.26 Å². The van der Waals surface area contributed by atoms with Gasteiger partial charge in [0.1, 0.15) is 0 Å². The van der Waals surface area contributed by atoms with Gasteiger partial charge in [-0.15, -0.1) is 0 Å². The summed E-state index contributed by atoms with van der Waals surface area (Å²) in [5.41, 5.74) is 1.05. The molecule has 0 amide bonds. The number of nitriles is 1. The van der Waals surface area contributed by atoms with E-state index >= 15 is 0 Å². The molecule has 0 bridgehead atoms. The summed E-state index contributed by atoms with van der Waals surface area (Å²) in [7, 11) is -3.30. The molecule has 1 aliphatic rings. The fourth-order valence-corrected chi connectivity index (χ4v) is 3.87. The minimum Gasteiger partial charge on any atom is -0.370 e. The summed E-state index contributed by atoms with van der Waals surface area (Å²) in [6.45, 7) is 1.46. The lowest BCUT2D eigenvalue weighted by atomic mass is 10.3. The average molecular weight is 328 g/mol. The van der Waals surface area contributed by atoms with Crippen molar-refractivity contribution in [2.24, 2.45) is 0 Å². The van der Waals surface area contributed by atoms with Crippen LogP contribution >= 0.6 is 11.6 Å². The predicted octanol–water partition coefficient (Wildman–Crippen LogP) is 2.14. The third-order valence-electron chi connectivity index (χ3n) is 3.43. The van der Waals surface area contributed by atoms with Gasteiger partial charge in [-0.05, 0) is 37.1 Å². The highest BCUT2D eigenvalue weighted by atomic mass is 35.5. The Labute approximate surface area is 130 Å². The number of nitrogens with zero attached hydrogens (tertiary/aromatic N) is 2. The molecule has 1 atom stereocenters. The molecule has 114 valence electrons. The summed E-state index contributed by atoms with van der Waals surface area (Å²) in [5.74, 6) is 0.0119. The Bertz CT molecular complexity index is 610. The number of halogens is 1. The zero-order chi connectivity index (χ0) is 15.3. The van der Waals surface area contributed by atoms with Gasteiger partial charge >= 0.3 is 0 Å². The molecule has 1 aromatic carbocycles. The maximum absolute atomic E-state index is 11.9. The maximum Gasteiger partial charge on any atom is 0.211 e. The lowest BCUT2D eigenvalue weighted by Crippen LogP contribution is -2.38. The van der Waals surface area contributed by atoms with Crippen LogP contribution in [0.1, 0.15) is 19.3 Å². The number of nitrogens with one attached hydrogen (secondary N) is 1. The summed E-state index contributed by atoms with van der Waals surface area (Å²) >= 11 is 5.86. The normalized spacial score (nSPS) is 18.7. The van der Waals surface area contributed by atoms with E-state index in [0.717, 1.165) is 18.7 Å². The fourth-order valence-electron chi connectivity index (χ4n) is 2.40. The van der Waals surface area contributed by atoms with E-state index < -0.39 is 10.0 Å². The molecule has 1 saturated heterocycles. The van der Waals surface area contributed by atoms with Crippen molar-refractivity contribution >= 4 is 27.3 Å². The van der Waals surface area contributed by atoms with Gasteiger partial charge in [-0.3, -0.25) is 0 Å². The molecule has 0 unspecified atom stereocenters. The zero-order valence-electron chi connectivity index (χ0n) is 11.6. The second kappa shape index (κ2) is 7.12. The van der Waals surface area contributed by atoms with Crippen molar-refractivity contribution in [1.29, 1.82) is 5.26 Å². The van der Waals surface area contributed by atoms with E-state index in [-0.39, 0.29) is 18.2 Å². The average Bonchev–Trinajstić information content (AvgIpc) is 2.87. The summed E-state index contributed by atoms with van der Waals surface area (Å²) < 4.78 is 26.5. The van der Waals surface area contributed by atoms with Crippen molar-refractivity contribution in [3.63, 3.8) is 0 Å². The largest absolute Gasteiger partial charge is 0.370 e. The van der Waals surface area contributed by atoms with Crippen LogP contribution in [-0.2, 0) is 10.0 Å². The lowest BCUT2D eigenvalue weighted by Gasteiger charge is -2.19. The van der Waals surface area contributed by atoms with Crippen molar-refractivity contribution in [1.82, 2.24) is 4.72 Å². The molecule has 2 rings (SSSR count). The van der Waals surface area contributed by atoms with Crippen LogP contribution in [0.4, 0.5) is 5.69 Å². The molecule has 21 heavy (non-hydrogen) atoms. The number of sulfonamides is 1. The first-order valence-corrected chi connectivity index (χ1v) is 8.91. The Morgan fingerprint density at radius 2 is 2.10 bits per heavy atom. The minimum absolute atomic E-state index is 0.0119. The second-order valence-electron chi connectivity index (χ2n) is 5.11. The van der Waals surface area contributed by atoms with Gasteiger partial charge in [0.15, 0.2) is 0 Å². The standard InChI is InChI=1S/C14H18ClN3O2S/c15-12-3-5-14(6-4-12)18-9-7-13(11-18)17-21(19,20)10-2-1-8-16/h3-6,13,17H,1-2,7,9-11H2/t13-/m0/s1. The van der Waals surface area contributed by atoms with E-state index in [0.29, 0.717) is 18.0 Å². The molecular formula is C14H18ClN3O2S.